The van der Waals surface area contributed by atoms with Crippen LogP contribution in [0.25, 0.3) is 11.2 Å². The first-order valence-corrected chi connectivity index (χ1v) is 10.4. The van der Waals surface area contributed by atoms with Crippen LogP contribution in [0.15, 0.2) is 70.5 Å². The lowest BCUT2D eigenvalue weighted by Gasteiger charge is -2.12. The number of nitriles is 1. The van der Waals surface area contributed by atoms with Crippen LogP contribution in [-0.2, 0) is 29.2 Å². The fourth-order valence-corrected chi connectivity index (χ4v) is 3.54. The van der Waals surface area contributed by atoms with Gasteiger partial charge in [-0.25, -0.2) is 19.1 Å². The molecule has 0 spiro atoms. The van der Waals surface area contributed by atoms with Crippen molar-refractivity contribution < 1.29 is 14.3 Å². The second-order valence-electron chi connectivity index (χ2n) is 7.46. The van der Waals surface area contributed by atoms with Crippen molar-refractivity contribution in [2.75, 3.05) is 13.7 Å². The second kappa shape index (κ2) is 9.97. The smallest absolute Gasteiger partial charge is 0.333 e. The number of fused-ring (bicyclic) bond motifs is 1. The number of carbonyl (C=O) groups is 1. The van der Waals surface area contributed by atoms with Gasteiger partial charge in [0.1, 0.15) is 12.3 Å². The summed E-state index contributed by atoms with van der Waals surface area (Å²) in [5.74, 6) is -0.592. The Kier molecular flexibility index (Phi) is 6.66. The third-order valence-corrected chi connectivity index (χ3v) is 5.21. The molecule has 0 unspecified atom stereocenters. The molecule has 0 radical (unpaired) electrons. The topological polar surface area (TPSA) is 121 Å². The standard InChI is InChI=1S/C24H21N5O5/c1-33-12-11-27-16-26-22-21(27)23(31)29(24(32)28(22)14-18-5-3-2-4-6-18)15-20(30)34-19-9-7-17(13-25)8-10-19/h2-10,16H,11-12,14-15H2,1H3. The Morgan fingerprint density at radius 2 is 1.79 bits per heavy atom. The van der Waals surface area contributed by atoms with E-state index in [1.54, 1.807) is 11.7 Å². The number of nitrogens with zero attached hydrogens (tertiary/aromatic N) is 5. The van der Waals surface area contributed by atoms with E-state index < -0.39 is 23.8 Å². The third kappa shape index (κ3) is 4.65. The van der Waals surface area contributed by atoms with Crippen LogP contribution in [0.1, 0.15) is 11.1 Å². The summed E-state index contributed by atoms with van der Waals surface area (Å²) in [6.07, 6.45) is 1.48. The molecule has 0 bridgehead atoms. The highest BCUT2D eigenvalue weighted by atomic mass is 16.5. The van der Waals surface area contributed by atoms with Crippen molar-refractivity contribution >= 4 is 17.1 Å². The molecule has 4 rings (SSSR count). The molecule has 0 atom stereocenters. The monoisotopic (exact) mass is 459 g/mol. The minimum Gasteiger partial charge on any atom is -0.425 e. The highest BCUT2D eigenvalue weighted by molar-refractivity contribution is 5.74. The summed E-state index contributed by atoms with van der Waals surface area (Å²) in [6, 6.07) is 17.2. The molecule has 172 valence electrons. The number of hydrogen-bond acceptors (Lipinski definition) is 7. The molecule has 2 heterocycles. The van der Waals surface area contributed by atoms with Gasteiger partial charge in [-0.2, -0.15) is 5.26 Å². The summed E-state index contributed by atoms with van der Waals surface area (Å²) in [7, 11) is 1.54. The number of hydrogen-bond donors (Lipinski definition) is 0. The molecular formula is C24H21N5O5. The summed E-state index contributed by atoms with van der Waals surface area (Å²) >= 11 is 0. The van der Waals surface area contributed by atoms with Gasteiger partial charge in [0.25, 0.3) is 5.56 Å². The Morgan fingerprint density at radius 3 is 2.47 bits per heavy atom. The molecule has 2 aromatic carbocycles. The molecule has 0 saturated carbocycles. The Hall–Kier alpha value is -4.49. The van der Waals surface area contributed by atoms with Crippen molar-refractivity contribution in [3.63, 3.8) is 0 Å². The van der Waals surface area contributed by atoms with E-state index in [0.717, 1.165) is 10.1 Å². The third-order valence-electron chi connectivity index (χ3n) is 5.21. The van der Waals surface area contributed by atoms with Gasteiger partial charge in [-0.3, -0.25) is 9.36 Å². The second-order valence-corrected chi connectivity index (χ2v) is 7.46. The zero-order chi connectivity index (χ0) is 24.1. The zero-order valence-electron chi connectivity index (χ0n) is 18.4. The number of esters is 1. The van der Waals surface area contributed by atoms with E-state index in [1.807, 2.05) is 36.4 Å². The van der Waals surface area contributed by atoms with Crippen molar-refractivity contribution in [3.8, 4) is 11.8 Å². The average molecular weight is 459 g/mol. The predicted octanol–water partition coefficient (Wildman–Crippen LogP) is 1.53. The van der Waals surface area contributed by atoms with E-state index in [2.05, 4.69) is 4.98 Å². The van der Waals surface area contributed by atoms with Gasteiger partial charge in [-0.15, -0.1) is 0 Å². The van der Waals surface area contributed by atoms with Crippen molar-refractivity contribution in [2.45, 2.75) is 19.6 Å². The minimum absolute atomic E-state index is 0.169. The van der Waals surface area contributed by atoms with Gasteiger partial charge < -0.3 is 14.0 Å². The lowest BCUT2D eigenvalue weighted by atomic mass is 10.2. The number of ether oxygens (including phenoxy) is 2. The van der Waals surface area contributed by atoms with Crippen molar-refractivity contribution in [3.05, 3.63) is 92.9 Å². The molecular weight excluding hydrogens is 438 g/mol. The number of rotatable bonds is 8. The maximum absolute atomic E-state index is 13.3. The lowest BCUT2D eigenvalue weighted by molar-refractivity contribution is -0.135. The predicted molar refractivity (Wildman–Crippen MR) is 122 cm³/mol. The summed E-state index contributed by atoms with van der Waals surface area (Å²) in [5, 5.41) is 8.90. The molecule has 2 aromatic heterocycles. The first-order chi connectivity index (χ1) is 16.5. The average Bonchev–Trinajstić information content (AvgIpc) is 3.28. The van der Waals surface area contributed by atoms with Gasteiger partial charge in [0.05, 0.1) is 31.1 Å². The van der Waals surface area contributed by atoms with Crippen LogP contribution in [0.5, 0.6) is 5.75 Å². The quantitative estimate of drug-likeness (QED) is 0.289. The normalized spacial score (nSPS) is 10.8. The Labute approximate surface area is 193 Å². The molecule has 0 fully saturated rings. The van der Waals surface area contributed by atoms with Crippen molar-refractivity contribution in [2.24, 2.45) is 0 Å². The zero-order valence-corrected chi connectivity index (χ0v) is 18.4. The fraction of sp³-hybridized carbons (Fsp3) is 0.208. The van der Waals surface area contributed by atoms with E-state index in [9.17, 15) is 14.4 Å². The maximum atomic E-state index is 13.3. The number of benzene rings is 2. The molecule has 4 aromatic rings. The van der Waals surface area contributed by atoms with Gasteiger partial charge in [-0.1, -0.05) is 30.3 Å². The SMILES string of the molecule is COCCn1cnc2c1c(=O)n(CC(=O)Oc1ccc(C#N)cc1)c(=O)n2Cc1ccccc1. The number of carbonyl (C=O) groups excluding carboxylic acids is 1. The minimum atomic E-state index is -0.794. The van der Waals surface area contributed by atoms with Crippen LogP contribution in [-0.4, -0.2) is 38.4 Å². The van der Waals surface area contributed by atoms with Crippen molar-refractivity contribution in [1.82, 2.24) is 18.7 Å². The molecule has 34 heavy (non-hydrogen) atoms. The van der Waals surface area contributed by atoms with Gasteiger partial charge in [0.15, 0.2) is 11.2 Å². The molecule has 0 amide bonds. The molecule has 0 aliphatic rings. The summed E-state index contributed by atoms with van der Waals surface area (Å²) in [4.78, 5) is 43.5. The summed E-state index contributed by atoms with van der Waals surface area (Å²) in [6.45, 7) is 0.269. The molecule has 0 saturated heterocycles. The molecule has 10 heteroatoms. The lowest BCUT2D eigenvalue weighted by Crippen LogP contribution is -2.43. The number of aromatic nitrogens is 4. The first-order valence-electron chi connectivity index (χ1n) is 10.4. The Bertz CT molecular complexity index is 1480. The highest BCUT2D eigenvalue weighted by Gasteiger charge is 2.20. The molecule has 10 nitrogen and oxygen atoms in total. The van der Waals surface area contributed by atoms with Gasteiger partial charge >= 0.3 is 11.7 Å². The maximum Gasteiger partial charge on any atom is 0.333 e. The largest absolute Gasteiger partial charge is 0.425 e. The van der Waals surface area contributed by atoms with E-state index in [0.29, 0.717) is 18.7 Å². The van der Waals surface area contributed by atoms with Gasteiger partial charge in [0.2, 0.25) is 0 Å². The van der Waals surface area contributed by atoms with Crippen LogP contribution in [0.3, 0.4) is 0 Å². The van der Waals surface area contributed by atoms with E-state index in [1.165, 1.54) is 35.2 Å². The number of methoxy groups -OCH3 is 1. The van der Waals surface area contributed by atoms with E-state index in [4.69, 9.17) is 14.7 Å². The molecule has 0 aliphatic carbocycles. The first kappa shape index (κ1) is 22.7. The summed E-state index contributed by atoms with van der Waals surface area (Å²) in [5.41, 5.74) is 0.354. The fourth-order valence-electron chi connectivity index (χ4n) is 3.54. The van der Waals surface area contributed by atoms with Crippen LogP contribution in [0.2, 0.25) is 0 Å². The van der Waals surface area contributed by atoms with Crippen LogP contribution < -0.4 is 16.0 Å². The highest BCUT2D eigenvalue weighted by Crippen LogP contribution is 2.13. The van der Waals surface area contributed by atoms with Crippen molar-refractivity contribution in [1.29, 1.82) is 5.26 Å². The van der Waals surface area contributed by atoms with Crippen LogP contribution in [0, 0.1) is 11.3 Å². The van der Waals surface area contributed by atoms with E-state index in [-0.39, 0.29) is 23.5 Å². The van der Waals surface area contributed by atoms with E-state index >= 15 is 0 Å². The van der Waals surface area contributed by atoms with Crippen LogP contribution >= 0.6 is 0 Å². The Balaban J connectivity index is 1.75. The van der Waals surface area contributed by atoms with Gasteiger partial charge in [-0.05, 0) is 29.8 Å². The van der Waals surface area contributed by atoms with Gasteiger partial charge in [0, 0.05) is 13.7 Å². The molecule has 0 aliphatic heterocycles. The summed E-state index contributed by atoms with van der Waals surface area (Å²) < 4.78 is 14.2. The number of imidazole rings is 1. The van der Waals surface area contributed by atoms with Crippen LogP contribution in [0.4, 0.5) is 0 Å². The molecule has 0 N–H and O–H groups in total. The Morgan fingerprint density at radius 1 is 1.06 bits per heavy atom.